The number of nitrogens with one attached hydrogen (secondary N) is 1. The van der Waals surface area contributed by atoms with Crippen LogP contribution in [0.2, 0.25) is 0 Å². The van der Waals surface area contributed by atoms with E-state index in [1.165, 1.54) is 18.3 Å². The van der Waals surface area contributed by atoms with Crippen LogP contribution in [0.3, 0.4) is 0 Å². The molecule has 1 rings (SSSR count). The van der Waals surface area contributed by atoms with Crippen LogP contribution in [0.4, 0.5) is 0 Å². The largest absolute Gasteiger partial charge is 0.341 e. The molecule has 0 aliphatic heterocycles. The molecule has 0 fully saturated rings. The number of carbonyl (C=O) groups is 1. The maximum absolute atomic E-state index is 11.8. The Labute approximate surface area is 96.4 Å². The Morgan fingerprint density at radius 2 is 2.27 bits per heavy atom. The summed E-state index contributed by atoms with van der Waals surface area (Å²) in [5.74, 6) is -0.0995. The van der Waals surface area contributed by atoms with Gasteiger partial charge in [-0.25, -0.2) is 0 Å². The maximum Gasteiger partial charge on any atom is 0.255 e. The molecule has 0 spiro atoms. The number of pyridine rings is 1. The lowest BCUT2D eigenvalue weighted by atomic mass is 10.2. The van der Waals surface area contributed by atoms with Gasteiger partial charge in [-0.1, -0.05) is 22.9 Å². The molecule has 0 aliphatic carbocycles. The zero-order valence-electron chi connectivity index (χ0n) is 8.66. The lowest BCUT2D eigenvalue weighted by molar-refractivity contribution is 0.0797. The minimum Gasteiger partial charge on any atom is -0.341 e. The molecule has 1 atom stereocenters. The molecule has 1 unspecified atom stereocenters. The number of aromatic nitrogens is 1. The predicted octanol–water partition coefficient (Wildman–Crippen LogP) is 1.23. The average molecular weight is 273 g/mol. The summed E-state index contributed by atoms with van der Waals surface area (Å²) in [7, 11) is 1.73. The van der Waals surface area contributed by atoms with Crippen LogP contribution < -0.4 is 5.56 Å². The number of amides is 1. The van der Waals surface area contributed by atoms with E-state index in [2.05, 4.69) is 20.9 Å². The third-order valence-electron chi connectivity index (χ3n) is 1.90. The van der Waals surface area contributed by atoms with E-state index >= 15 is 0 Å². The Bertz CT molecular complexity index is 380. The van der Waals surface area contributed by atoms with Crippen molar-refractivity contribution in [1.82, 2.24) is 9.88 Å². The number of alkyl halides is 1. The smallest absolute Gasteiger partial charge is 0.255 e. The minimum absolute atomic E-state index is 0.0995. The molecule has 4 nitrogen and oxygen atoms in total. The van der Waals surface area contributed by atoms with Crippen molar-refractivity contribution in [2.45, 2.75) is 11.8 Å². The summed E-state index contributed by atoms with van der Waals surface area (Å²) in [6.07, 6.45) is 1.43. The van der Waals surface area contributed by atoms with E-state index in [1.54, 1.807) is 11.9 Å². The molecular formula is C10H13BrN2O2. The highest BCUT2D eigenvalue weighted by atomic mass is 79.9. The Morgan fingerprint density at radius 1 is 1.60 bits per heavy atom. The molecule has 0 radical (unpaired) electrons. The van der Waals surface area contributed by atoms with Crippen LogP contribution in [0.25, 0.3) is 0 Å². The van der Waals surface area contributed by atoms with Crippen LogP contribution >= 0.6 is 15.9 Å². The summed E-state index contributed by atoms with van der Waals surface area (Å²) >= 11 is 3.38. The monoisotopic (exact) mass is 272 g/mol. The molecule has 1 aromatic rings. The lowest BCUT2D eigenvalue weighted by Gasteiger charge is -2.18. The molecule has 1 amide bonds. The van der Waals surface area contributed by atoms with Crippen LogP contribution in [-0.4, -0.2) is 34.2 Å². The number of rotatable bonds is 3. The van der Waals surface area contributed by atoms with Crippen LogP contribution in [0.15, 0.2) is 23.1 Å². The fourth-order valence-corrected chi connectivity index (χ4v) is 1.66. The van der Waals surface area contributed by atoms with Gasteiger partial charge < -0.3 is 9.88 Å². The summed E-state index contributed by atoms with van der Waals surface area (Å²) < 4.78 is 0. The summed E-state index contributed by atoms with van der Waals surface area (Å²) in [6.45, 7) is 2.59. The first-order valence-corrected chi connectivity index (χ1v) is 5.50. The highest BCUT2D eigenvalue weighted by molar-refractivity contribution is 9.09. The quantitative estimate of drug-likeness (QED) is 0.842. The van der Waals surface area contributed by atoms with Crippen molar-refractivity contribution in [3.63, 3.8) is 0 Å². The topological polar surface area (TPSA) is 53.2 Å². The lowest BCUT2D eigenvalue weighted by Crippen LogP contribution is -2.31. The van der Waals surface area contributed by atoms with Gasteiger partial charge in [-0.05, 0) is 6.07 Å². The van der Waals surface area contributed by atoms with Gasteiger partial charge in [-0.2, -0.15) is 0 Å². The van der Waals surface area contributed by atoms with E-state index < -0.39 is 0 Å². The van der Waals surface area contributed by atoms with Crippen molar-refractivity contribution < 1.29 is 4.79 Å². The van der Waals surface area contributed by atoms with Gasteiger partial charge in [0.15, 0.2) is 0 Å². The van der Waals surface area contributed by atoms with Gasteiger partial charge in [0.2, 0.25) is 5.56 Å². The number of nitrogens with zero attached hydrogens (tertiary/aromatic N) is 1. The van der Waals surface area contributed by atoms with Crippen LogP contribution in [0.5, 0.6) is 0 Å². The van der Waals surface area contributed by atoms with Gasteiger partial charge in [0.1, 0.15) is 0 Å². The van der Waals surface area contributed by atoms with Crippen molar-refractivity contribution in [3.05, 3.63) is 34.2 Å². The van der Waals surface area contributed by atoms with Crippen molar-refractivity contribution in [2.24, 2.45) is 0 Å². The van der Waals surface area contributed by atoms with Gasteiger partial charge in [0.25, 0.3) is 5.91 Å². The zero-order chi connectivity index (χ0) is 11.4. The minimum atomic E-state index is -0.205. The maximum atomic E-state index is 11.8. The van der Waals surface area contributed by atoms with Crippen molar-refractivity contribution >= 4 is 21.8 Å². The average Bonchev–Trinajstić information content (AvgIpc) is 2.17. The van der Waals surface area contributed by atoms with Crippen LogP contribution in [0.1, 0.15) is 17.3 Å². The number of carbonyl (C=O) groups excluding carboxylic acids is 1. The number of hydrogen-bond acceptors (Lipinski definition) is 2. The molecule has 1 heterocycles. The molecule has 0 bridgehead atoms. The van der Waals surface area contributed by atoms with E-state index in [0.29, 0.717) is 12.1 Å². The summed E-state index contributed by atoms with van der Waals surface area (Å²) in [6, 6.07) is 2.87. The van der Waals surface area contributed by atoms with Gasteiger partial charge in [-0.15, -0.1) is 0 Å². The second-order valence-corrected chi connectivity index (χ2v) is 4.97. The Hall–Kier alpha value is -1.10. The molecule has 5 heteroatoms. The molecule has 1 N–H and O–H groups in total. The van der Waals surface area contributed by atoms with E-state index in [9.17, 15) is 9.59 Å². The molecule has 0 aromatic carbocycles. The van der Waals surface area contributed by atoms with Gasteiger partial charge in [-0.3, -0.25) is 9.59 Å². The summed E-state index contributed by atoms with van der Waals surface area (Å²) in [5, 5.41) is 0. The molecule has 82 valence electrons. The second-order valence-electron chi connectivity index (χ2n) is 3.41. The van der Waals surface area contributed by atoms with E-state index in [4.69, 9.17) is 0 Å². The van der Waals surface area contributed by atoms with Crippen molar-refractivity contribution in [3.8, 4) is 0 Å². The summed E-state index contributed by atoms with van der Waals surface area (Å²) in [5.41, 5.74) is 0.285. The first kappa shape index (κ1) is 12.0. The third kappa shape index (κ3) is 3.51. The SMILES string of the molecule is CC(Br)CN(C)C(=O)c1ccc(=O)[nH]c1. The number of hydrogen-bond donors (Lipinski definition) is 1. The Morgan fingerprint density at radius 3 is 2.73 bits per heavy atom. The molecule has 1 aromatic heterocycles. The highest BCUT2D eigenvalue weighted by Crippen LogP contribution is 2.04. The molecular weight excluding hydrogens is 260 g/mol. The fourth-order valence-electron chi connectivity index (χ4n) is 1.22. The molecule has 15 heavy (non-hydrogen) atoms. The third-order valence-corrected chi connectivity index (χ3v) is 2.19. The predicted molar refractivity (Wildman–Crippen MR) is 62.4 cm³/mol. The highest BCUT2D eigenvalue weighted by Gasteiger charge is 2.12. The Kier molecular flexibility index (Phi) is 4.08. The van der Waals surface area contributed by atoms with E-state index in [1.807, 2.05) is 6.92 Å². The first-order chi connectivity index (χ1) is 7.00. The van der Waals surface area contributed by atoms with Crippen molar-refractivity contribution in [1.29, 1.82) is 0 Å². The van der Waals surface area contributed by atoms with Crippen LogP contribution in [-0.2, 0) is 0 Å². The van der Waals surface area contributed by atoms with Crippen LogP contribution in [0, 0.1) is 0 Å². The van der Waals surface area contributed by atoms with Gasteiger partial charge >= 0.3 is 0 Å². The van der Waals surface area contributed by atoms with Crippen molar-refractivity contribution in [2.75, 3.05) is 13.6 Å². The standard InChI is InChI=1S/C10H13BrN2O2/c1-7(11)6-13(2)10(15)8-3-4-9(14)12-5-8/h3-5,7H,6H2,1-2H3,(H,12,14). The fraction of sp³-hybridized carbons (Fsp3) is 0.400. The Balaban J connectivity index is 2.76. The molecule has 0 saturated carbocycles. The number of H-pyrrole nitrogens is 1. The van der Waals surface area contributed by atoms with E-state index in [-0.39, 0.29) is 16.3 Å². The molecule has 0 saturated heterocycles. The normalized spacial score (nSPS) is 12.2. The first-order valence-electron chi connectivity index (χ1n) is 4.59. The van der Waals surface area contributed by atoms with Gasteiger partial charge in [0.05, 0.1) is 5.56 Å². The number of halogens is 1. The summed E-state index contributed by atoms with van der Waals surface area (Å²) in [4.78, 5) is 26.9. The molecule has 0 aliphatic rings. The second kappa shape index (κ2) is 5.11. The van der Waals surface area contributed by atoms with Gasteiger partial charge in [0, 0.05) is 30.7 Å². The zero-order valence-corrected chi connectivity index (χ0v) is 10.2. The van der Waals surface area contributed by atoms with E-state index in [0.717, 1.165) is 0 Å². The number of aromatic amines is 1.